The Morgan fingerprint density at radius 3 is 0.893 bits per heavy atom. The van der Waals surface area contributed by atoms with Gasteiger partial charge in [0.25, 0.3) is 0 Å². The largest absolute Gasteiger partial charge is 0.462 e. The van der Waals surface area contributed by atoms with Crippen LogP contribution in [0.1, 0.15) is 303 Å². The van der Waals surface area contributed by atoms with E-state index in [1.807, 2.05) is 0 Å². The number of hydrogen-bond donors (Lipinski definition) is 0. The summed E-state index contributed by atoms with van der Waals surface area (Å²) in [5.74, 6) is -0.944. The van der Waals surface area contributed by atoms with Crippen molar-refractivity contribution in [3.63, 3.8) is 0 Å². The summed E-state index contributed by atoms with van der Waals surface area (Å²) in [4.78, 5) is 38.2. The molecule has 0 aliphatic rings. The molecule has 0 heterocycles. The van der Waals surface area contributed by atoms with Gasteiger partial charge in [-0.1, -0.05) is 266 Å². The molecule has 0 spiro atoms. The van der Waals surface area contributed by atoms with Crippen LogP contribution in [0.3, 0.4) is 0 Å². The minimum Gasteiger partial charge on any atom is -0.462 e. The summed E-state index contributed by atoms with van der Waals surface area (Å²) < 4.78 is 16.9. The van der Waals surface area contributed by atoms with Gasteiger partial charge in [0.05, 0.1) is 0 Å². The van der Waals surface area contributed by atoms with Crippen LogP contribution >= 0.6 is 0 Å². The molecule has 0 aromatic rings. The Balaban J connectivity index is 4.33. The fourth-order valence-electron chi connectivity index (χ4n) is 8.78. The van der Waals surface area contributed by atoms with E-state index < -0.39 is 6.10 Å². The van der Waals surface area contributed by atoms with Crippen molar-refractivity contribution in [3.05, 3.63) is 97.2 Å². The van der Waals surface area contributed by atoms with E-state index in [1.165, 1.54) is 154 Å². The summed E-state index contributed by atoms with van der Waals surface area (Å²) in [5.41, 5.74) is 0. The number of unbranched alkanes of at least 4 members (excludes halogenated alkanes) is 30. The van der Waals surface area contributed by atoms with Crippen molar-refractivity contribution in [1.82, 2.24) is 0 Å². The van der Waals surface area contributed by atoms with Gasteiger partial charge in [-0.2, -0.15) is 0 Å². The first-order valence-corrected chi connectivity index (χ1v) is 31.7. The highest BCUT2D eigenvalue weighted by Gasteiger charge is 2.19. The Morgan fingerprint density at radius 2 is 0.533 bits per heavy atom. The van der Waals surface area contributed by atoms with Gasteiger partial charge in [-0.15, -0.1) is 0 Å². The SMILES string of the molecule is CC/C=C\C/C=C\C/C=C\C/C=C\C/C=C\C/C=C\CCCCC(=O)OC(COC(=O)CCCCCCC/C=C\CCCC)COC(=O)CCCCCCCCCCCCCCC/C=C\CCCCCCCCCC. The molecule has 0 aliphatic heterocycles. The number of allylic oxidation sites excluding steroid dienone is 16. The lowest BCUT2D eigenvalue weighted by Gasteiger charge is -2.18. The van der Waals surface area contributed by atoms with Gasteiger partial charge in [0.1, 0.15) is 13.2 Å². The zero-order valence-corrected chi connectivity index (χ0v) is 49.3. The minimum absolute atomic E-state index is 0.0972. The molecule has 0 amide bonds. The fourth-order valence-corrected chi connectivity index (χ4v) is 8.78. The van der Waals surface area contributed by atoms with Crippen molar-refractivity contribution < 1.29 is 28.6 Å². The van der Waals surface area contributed by atoms with Gasteiger partial charge in [-0.25, -0.2) is 0 Å². The van der Waals surface area contributed by atoms with Crippen LogP contribution in [0.5, 0.6) is 0 Å². The average molecular weight is 1040 g/mol. The molecule has 0 saturated carbocycles. The molecule has 0 rings (SSSR count). The van der Waals surface area contributed by atoms with Crippen LogP contribution in [0.15, 0.2) is 97.2 Å². The van der Waals surface area contributed by atoms with Crippen LogP contribution in [0, 0.1) is 0 Å². The maximum atomic E-state index is 12.9. The van der Waals surface area contributed by atoms with Crippen LogP contribution < -0.4 is 0 Å². The summed E-state index contributed by atoms with van der Waals surface area (Å²) in [6.07, 6.45) is 84.2. The van der Waals surface area contributed by atoms with Crippen molar-refractivity contribution in [2.45, 2.75) is 309 Å². The number of carbonyl (C=O) groups is 3. The summed E-state index contributed by atoms with van der Waals surface area (Å²) in [6.45, 7) is 6.47. The van der Waals surface area contributed by atoms with E-state index in [4.69, 9.17) is 14.2 Å². The first-order chi connectivity index (χ1) is 37.0. The molecule has 6 heteroatoms. The normalized spacial score (nSPS) is 12.7. The highest BCUT2D eigenvalue weighted by atomic mass is 16.6. The molecule has 0 aromatic carbocycles. The van der Waals surface area contributed by atoms with Crippen LogP contribution in [0.2, 0.25) is 0 Å². The molecular weight excluding hydrogens is 925 g/mol. The second kappa shape index (κ2) is 62.9. The number of rotatable bonds is 57. The lowest BCUT2D eigenvalue weighted by Crippen LogP contribution is -2.30. The summed E-state index contributed by atoms with van der Waals surface area (Å²) in [7, 11) is 0. The highest BCUT2D eigenvalue weighted by molar-refractivity contribution is 5.71. The van der Waals surface area contributed by atoms with Gasteiger partial charge in [0.2, 0.25) is 0 Å². The fraction of sp³-hybridized carbons (Fsp3) is 0.725. The lowest BCUT2D eigenvalue weighted by molar-refractivity contribution is -0.167. The molecule has 75 heavy (non-hydrogen) atoms. The van der Waals surface area contributed by atoms with Crippen LogP contribution in [-0.4, -0.2) is 37.2 Å². The van der Waals surface area contributed by atoms with Crippen molar-refractivity contribution in [2.75, 3.05) is 13.2 Å². The molecule has 0 saturated heterocycles. The average Bonchev–Trinajstić information content (AvgIpc) is 3.41. The van der Waals surface area contributed by atoms with Crippen LogP contribution in [0.4, 0.5) is 0 Å². The molecular formula is C69H118O6. The van der Waals surface area contributed by atoms with Crippen molar-refractivity contribution in [3.8, 4) is 0 Å². The van der Waals surface area contributed by atoms with E-state index >= 15 is 0 Å². The van der Waals surface area contributed by atoms with Gasteiger partial charge in [-0.3, -0.25) is 14.4 Å². The summed E-state index contributed by atoms with van der Waals surface area (Å²) >= 11 is 0. The quantitative estimate of drug-likeness (QED) is 0.0261. The van der Waals surface area contributed by atoms with E-state index in [-0.39, 0.29) is 37.5 Å². The Hall–Kier alpha value is -3.67. The highest BCUT2D eigenvalue weighted by Crippen LogP contribution is 2.16. The third kappa shape index (κ3) is 61.1. The molecule has 1 unspecified atom stereocenters. The summed E-state index contributed by atoms with van der Waals surface area (Å²) in [6, 6.07) is 0. The van der Waals surface area contributed by atoms with Crippen LogP contribution in [-0.2, 0) is 28.6 Å². The van der Waals surface area contributed by atoms with E-state index in [1.54, 1.807) is 0 Å². The zero-order valence-electron chi connectivity index (χ0n) is 49.3. The first kappa shape index (κ1) is 71.3. The third-order valence-electron chi connectivity index (χ3n) is 13.5. The predicted molar refractivity (Wildman–Crippen MR) is 325 cm³/mol. The van der Waals surface area contributed by atoms with Gasteiger partial charge in [-0.05, 0) is 116 Å². The predicted octanol–water partition coefficient (Wildman–Crippen LogP) is 21.7. The van der Waals surface area contributed by atoms with E-state index in [9.17, 15) is 14.4 Å². The van der Waals surface area contributed by atoms with E-state index in [2.05, 4.69) is 118 Å². The Labute approximate surface area is 464 Å². The minimum atomic E-state index is -0.805. The molecule has 0 aliphatic carbocycles. The number of ether oxygens (including phenoxy) is 3. The standard InChI is InChI=1S/C69H118O6/c1-4-7-10-13-16-19-22-24-26-28-30-32-33-34-35-37-38-40-42-44-47-50-53-56-59-62-68(71)74-65-66(64-73-67(70)61-58-55-52-49-46-21-18-15-12-9-6-3)75-69(72)63-60-57-54-51-48-45-43-41-39-36-31-29-27-25-23-20-17-14-11-8-5-2/h8,11,15,17-18,20,25,27-28,30-31,36,41,43,48,51,66H,4-7,9-10,12-14,16,19,21-24,26,29,32-35,37-40,42,44-47,49-50,52-65H2,1-3H3/b11-8-,18-15-,20-17-,27-25-,30-28-,36-31-,43-41-,51-48-. The van der Waals surface area contributed by atoms with E-state index in [0.29, 0.717) is 19.3 Å². The van der Waals surface area contributed by atoms with E-state index in [0.717, 1.165) is 103 Å². The van der Waals surface area contributed by atoms with Crippen molar-refractivity contribution >= 4 is 17.9 Å². The van der Waals surface area contributed by atoms with Gasteiger partial charge in [0.15, 0.2) is 6.10 Å². The molecule has 6 nitrogen and oxygen atoms in total. The molecule has 0 radical (unpaired) electrons. The third-order valence-corrected chi connectivity index (χ3v) is 13.5. The van der Waals surface area contributed by atoms with Gasteiger partial charge >= 0.3 is 17.9 Å². The number of carbonyl (C=O) groups excluding carboxylic acids is 3. The van der Waals surface area contributed by atoms with Crippen LogP contribution in [0.25, 0.3) is 0 Å². The number of hydrogen-bond acceptors (Lipinski definition) is 6. The first-order valence-electron chi connectivity index (χ1n) is 31.7. The maximum Gasteiger partial charge on any atom is 0.306 e. The van der Waals surface area contributed by atoms with Crippen molar-refractivity contribution in [1.29, 1.82) is 0 Å². The Bertz CT molecular complexity index is 1480. The monoisotopic (exact) mass is 1040 g/mol. The Kier molecular flexibility index (Phi) is 59.8. The second-order valence-electron chi connectivity index (χ2n) is 20.9. The Morgan fingerprint density at radius 1 is 0.280 bits per heavy atom. The van der Waals surface area contributed by atoms with Gasteiger partial charge in [0, 0.05) is 19.3 Å². The maximum absolute atomic E-state index is 12.9. The molecule has 0 fully saturated rings. The number of esters is 3. The zero-order chi connectivity index (χ0) is 54.3. The smallest absolute Gasteiger partial charge is 0.306 e. The molecule has 0 bridgehead atoms. The van der Waals surface area contributed by atoms with Gasteiger partial charge < -0.3 is 14.2 Å². The molecule has 1 atom stereocenters. The second-order valence-corrected chi connectivity index (χ2v) is 20.9. The molecule has 0 aromatic heterocycles. The topological polar surface area (TPSA) is 78.9 Å². The molecule has 430 valence electrons. The molecule has 0 N–H and O–H groups in total. The van der Waals surface area contributed by atoms with Crippen molar-refractivity contribution in [2.24, 2.45) is 0 Å². The summed E-state index contributed by atoms with van der Waals surface area (Å²) in [5, 5.41) is 0. The lowest BCUT2D eigenvalue weighted by atomic mass is 10.0.